The van der Waals surface area contributed by atoms with Gasteiger partial charge in [0.25, 0.3) is 0 Å². The van der Waals surface area contributed by atoms with E-state index in [-0.39, 0.29) is 78.6 Å². The van der Waals surface area contributed by atoms with Gasteiger partial charge in [0.05, 0.1) is 42.4 Å². The Morgan fingerprint density at radius 2 is 0.826 bits per heavy atom. The normalized spacial score (nSPS) is 16.4. The summed E-state index contributed by atoms with van der Waals surface area (Å²) >= 11 is 18.4. The fourth-order valence-electron chi connectivity index (χ4n) is 15.5. The van der Waals surface area contributed by atoms with Crippen molar-refractivity contribution < 1.29 is 63.8 Å². The molecule has 29 heteroatoms. The average molecular weight is 1630 g/mol. The molecular weight excluding hydrogens is 1530 g/mol. The van der Waals surface area contributed by atoms with Gasteiger partial charge in [-0.3, -0.25) is 14.4 Å². The number of benzene rings is 6. The number of rotatable bonds is 17. The summed E-state index contributed by atoms with van der Waals surface area (Å²) in [5, 5.41) is 17.0. The van der Waals surface area contributed by atoms with Crippen LogP contribution in [0.2, 0.25) is 15.1 Å². The van der Waals surface area contributed by atoms with E-state index in [1.165, 1.54) is 18.8 Å². The number of carbonyl (C=O) groups is 5. The first-order chi connectivity index (χ1) is 50.8. The zero-order valence-corrected chi connectivity index (χ0v) is 68.0. The van der Waals surface area contributed by atoms with E-state index in [4.69, 9.17) is 44.3 Å². The summed E-state index contributed by atoms with van der Waals surface area (Å²) in [6, 6.07) is 46.3. The average Bonchev–Trinajstić information content (AvgIpc) is 1.57. The van der Waals surface area contributed by atoms with E-state index >= 15 is 0 Å². The molecule has 109 heavy (non-hydrogen) atoms. The van der Waals surface area contributed by atoms with Crippen LogP contribution >= 0.6 is 47.2 Å². The van der Waals surface area contributed by atoms with Crippen LogP contribution < -0.4 is 15.1 Å². The van der Waals surface area contributed by atoms with Crippen molar-refractivity contribution >= 4 is 156 Å². The number of aromatic nitrogens is 3. The van der Waals surface area contributed by atoms with Crippen LogP contribution in [0.1, 0.15) is 114 Å². The molecule has 3 aromatic heterocycles. The maximum absolute atomic E-state index is 14.0. The third-order valence-electron chi connectivity index (χ3n) is 20.5. The quantitative estimate of drug-likeness (QED) is 0.0859. The summed E-state index contributed by atoms with van der Waals surface area (Å²) < 4.78 is 86.1. The molecule has 1 aliphatic carbocycles. The predicted molar refractivity (Wildman–Crippen MR) is 432 cm³/mol. The van der Waals surface area contributed by atoms with Gasteiger partial charge in [-0.1, -0.05) is 95.8 Å². The van der Waals surface area contributed by atoms with E-state index in [0.717, 1.165) is 103 Å². The standard InChI is InChI=1S/C28H32ClN3O5S.C24H25ClN2O3S.C15H18N2O3.C13H16ClNO3S.ClH/c1-27(2,3)37-26(34)30-17-28(18-30)22-8-5-6-9-24(22)32(25(28)33)16-21-15-19-14-20(29)10-11-23(19)31(21)12-7-13-38(4,35)36;1-31(29,30)13-5-12-26-19(15-17-14-18(25)8-9-21(17)26)16-27-22-7-3-2-6-20(22)24(23(27)28)10-4-11-24;1-14(2,3)20-13(19)17-8-15(9-17)10-6-4-5-7-11(10)16-12(15)18;1-19(17,18)6-2-5-15-12(9-16)8-10-7-11(14)3-4-13(10)15;/h5-6,8-11,14-15H,7,12-13,16-18H2,1-4H3;2-3,6-9,14-15H,4-5,10-13,16H2,1H3;4-7H,8-9H2,1-3H3,(H,16,18);3-4,7-8,16H,2,5-6,9H2,1H3;1H. The minimum absolute atomic E-state index is 0. The number of aliphatic hydroxyl groups excluding tert-OH is 1. The molecule has 8 heterocycles. The smallest absolute Gasteiger partial charge is 0.410 e. The van der Waals surface area contributed by atoms with Crippen molar-refractivity contribution in [1.29, 1.82) is 0 Å². The molecule has 0 atom stereocenters. The van der Waals surface area contributed by atoms with Gasteiger partial charge in [0.1, 0.15) is 51.5 Å². The van der Waals surface area contributed by atoms with E-state index < -0.39 is 57.6 Å². The number of para-hydroxylation sites is 3. The minimum atomic E-state index is -3.10. The van der Waals surface area contributed by atoms with Crippen LogP contribution in [0.4, 0.5) is 26.7 Å². The number of ether oxygens (including phenoxy) is 2. The fourth-order valence-corrected chi connectivity index (χ4v) is 18.0. The van der Waals surface area contributed by atoms with Gasteiger partial charge >= 0.3 is 12.2 Å². The van der Waals surface area contributed by atoms with E-state index in [2.05, 4.69) is 26.6 Å². The van der Waals surface area contributed by atoms with E-state index in [9.17, 15) is 54.3 Å². The van der Waals surface area contributed by atoms with Gasteiger partial charge in [0.15, 0.2) is 0 Å². The van der Waals surface area contributed by atoms with Crippen LogP contribution in [0.3, 0.4) is 0 Å². The molecule has 0 unspecified atom stereocenters. The number of hydrogen-bond donors (Lipinski definition) is 2. The molecule has 6 aromatic carbocycles. The molecule has 6 aliphatic rings. The molecule has 0 bridgehead atoms. The first kappa shape index (κ1) is 81.8. The lowest BCUT2D eigenvalue weighted by atomic mass is 9.65. The Morgan fingerprint density at radius 1 is 0.477 bits per heavy atom. The maximum atomic E-state index is 14.0. The van der Waals surface area contributed by atoms with E-state index in [1.54, 1.807) is 20.8 Å². The summed E-state index contributed by atoms with van der Waals surface area (Å²) in [6.07, 6.45) is 7.35. The van der Waals surface area contributed by atoms with Crippen molar-refractivity contribution in [2.45, 2.75) is 147 Å². The highest BCUT2D eigenvalue weighted by Crippen LogP contribution is 2.54. The van der Waals surface area contributed by atoms with Crippen molar-refractivity contribution in [2.24, 2.45) is 0 Å². The van der Waals surface area contributed by atoms with Crippen molar-refractivity contribution in [1.82, 2.24) is 23.5 Å². The highest BCUT2D eigenvalue weighted by Gasteiger charge is 2.61. The summed E-state index contributed by atoms with van der Waals surface area (Å²) in [5.41, 5.74) is 8.38. The Morgan fingerprint density at radius 3 is 1.20 bits per heavy atom. The molecule has 3 fully saturated rings. The minimum Gasteiger partial charge on any atom is -0.444 e. The molecule has 3 spiro atoms. The third kappa shape index (κ3) is 17.6. The fraction of sp³-hybridized carbons (Fsp3) is 0.412. The van der Waals surface area contributed by atoms with Crippen LogP contribution in [-0.2, 0) is 109 Å². The van der Waals surface area contributed by atoms with Crippen LogP contribution in [0.25, 0.3) is 32.7 Å². The van der Waals surface area contributed by atoms with Gasteiger partial charge in [0.2, 0.25) is 17.7 Å². The van der Waals surface area contributed by atoms with Gasteiger partial charge in [-0.05, 0) is 181 Å². The number of aliphatic hydroxyl groups is 1. The van der Waals surface area contributed by atoms with Gasteiger partial charge in [-0.15, -0.1) is 12.4 Å². The van der Waals surface area contributed by atoms with Gasteiger partial charge in [0, 0.05) is 147 Å². The van der Waals surface area contributed by atoms with Crippen molar-refractivity contribution in [2.75, 3.05) is 77.3 Å². The van der Waals surface area contributed by atoms with Crippen LogP contribution in [0, 0.1) is 0 Å². The van der Waals surface area contributed by atoms with Crippen LogP contribution in [0.5, 0.6) is 0 Å². The SMILES string of the molecule is CC(C)(C)OC(=O)N1CC2(C1)C(=O)N(Cc1cc3cc(Cl)ccc3n1CCCS(C)(=O)=O)c1ccccc12.CC(C)(C)OC(=O)N1CC2(C1)C(=O)Nc1ccccc12.CS(=O)(=O)CCCn1c(CN2C(=O)C3(CCC3)c3ccccc32)cc2cc(Cl)ccc21.CS(=O)(=O)CCCn1c(CO)cc2cc(Cl)ccc21.Cl. The number of sulfone groups is 3. The van der Waals surface area contributed by atoms with Gasteiger partial charge in [-0.25, -0.2) is 34.8 Å². The number of fused-ring (bicyclic) bond motifs is 9. The topological polar surface area (TPSA) is 266 Å². The second-order valence-electron chi connectivity index (χ2n) is 31.2. The van der Waals surface area contributed by atoms with Crippen LogP contribution in [-0.4, -0.2) is 157 Å². The van der Waals surface area contributed by atoms with Crippen LogP contribution in [0.15, 0.2) is 146 Å². The second kappa shape index (κ2) is 31.6. The molecule has 2 N–H and O–H groups in total. The zero-order chi connectivity index (χ0) is 77.8. The van der Waals surface area contributed by atoms with Crippen molar-refractivity contribution in [3.63, 3.8) is 0 Å². The zero-order valence-electron chi connectivity index (χ0n) is 62.4. The Labute approximate surface area is 657 Å². The maximum Gasteiger partial charge on any atom is 0.410 e. The molecular formula is C80H92Cl4N8O14S3. The molecule has 5 amide bonds. The number of amides is 5. The summed E-state index contributed by atoms with van der Waals surface area (Å²) in [7, 11) is -9.08. The van der Waals surface area contributed by atoms with E-state index in [1.807, 2.05) is 178 Å². The lowest BCUT2D eigenvalue weighted by Gasteiger charge is -2.46. The Hall–Kier alpha value is -8.14. The van der Waals surface area contributed by atoms with Gasteiger partial charge in [-0.2, -0.15) is 0 Å². The van der Waals surface area contributed by atoms with Gasteiger partial charge < -0.3 is 53.2 Å². The Balaban J connectivity index is 0.000000150. The Kier molecular flexibility index (Phi) is 23.7. The first-order valence-electron chi connectivity index (χ1n) is 36.0. The molecule has 9 aromatic rings. The molecule has 5 aliphatic heterocycles. The number of likely N-dealkylation sites (tertiary alicyclic amines) is 2. The molecule has 15 rings (SSSR count). The second-order valence-corrected chi connectivity index (χ2v) is 39.3. The largest absolute Gasteiger partial charge is 0.444 e. The number of nitrogens with zero attached hydrogens (tertiary/aromatic N) is 7. The molecule has 2 saturated heterocycles. The molecule has 1 saturated carbocycles. The predicted octanol–water partition coefficient (Wildman–Crippen LogP) is 14.2. The highest BCUT2D eigenvalue weighted by atomic mass is 35.5. The summed E-state index contributed by atoms with van der Waals surface area (Å²) in [4.78, 5) is 71.2. The third-order valence-corrected chi connectivity index (χ3v) is 24.3. The summed E-state index contributed by atoms with van der Waals surface area (Å²) in [6.45, 7) is 14.6. The molecule has 0 radical (unpaired) electrons. The van der Waals surface area contributed by atoms with Crippen molar-refractivity contribution in [3.8, 4) is 0 Å². The van der Waals surface area contributed by atoms with E-state index in [0.29, 0.717) is 80.1 Å². The molecule has 22 nitrogen and oxygen atoms in total. The number of halogens is 4. The lowest BCUT2D eigenvalue weighted by Crippen LogP contribution is -2.65. The lowest BCUT2D eigenvalue weighted by molar-refractivity contribution is -0.129. The summed E-state index contributed by atoms with van der Waals surface area (Å²) in [5.74, 6) is 0.461. The number of hydrogen-bond acceptors (Lipinski definition) is 14. The Bertz CT molecular complexity index is 5380. The number of carbonyl (C=O) groups excluding carboxylic acids is 5. The monoisotopic (exact) mass is 1620 g/mol. The first-order valence-corrected chi connectivity index (χ1v) is 43.3. The number of anilines is 3. The van der Waals surface area contributed by atoms with Crippen molar-refractivity contribution in [3.05, 3.63) is 194 Å². The number of nitrogens with one attached hydrogen (secondary N) is 1. The molecule has 582 valence electrons. The number of aryl methyl sites for hydroxylation is 3. The highest BCUT2D eigenvalue weighted by molar-refractivity contribution is 7.91.